The molecule has 4 amide bonds. The van der Waals surface area contributed by atoms with Crippen LogP contribution in [0.2, 0.25) is 0 Å². The maximum absolute atomic E-state index is 13.9. The van der Waals surface area contributed by atoms with E-state index in [9.17, 15) is 27.6 Å². The lowest BCUT2D eigenvalue weighted by molar-refractivity contribution is -0.144. The van der Waals surface area contributed by atoms with E-state index in [0.29, 0.717) is 47.9 Å². The number of H-pyrrole nitrogens is 1. The number of amides is 4. The van der Waals surface area contributed by atoms with Gasteiger partial charge in [-0.05, 0) is 59.6 Å². The number of aliphatic imine (C=N–C) groups is 1. The van der Waals surface area contributed by atoms with E-state index in [0.717, 1.165) is 44.0 Å². The number of likely N-dealkylation sites (tertiary alicyclic amines) is 1. The Morgan fingerprint density at radius 1 is 1.08 bits per heavy atom. The van der Waals surface area contributed by atoms with Crippen LogP contribution < -0.4 is 26.4 Å². The Morgan fingerprint density at radius 2 is 1.84 bits per heavy atom. The third-order valence-corrected chi connectivity index (χ3v) is 14.3. The smallest absolute Gasteiger partial charge is 0.258 e. The number of anilines is 2. The summed E-state index contributed by atoms with van der Waals surface area (Å²) in [6.45, 7) is 13.5. The average molecular weight is 871 g/mol. The van der Waals surface area contributed by atoms with Crippen LogP contribution in [0.25, 0.3) is 10.9 Å². The molecule has 0 spiro atoms. The van der Waals surface area contributed by atoms with Crippen LogP contribution in [-0.4, -0.2) is 136 Å². The maximum atomic E-state index is 13.9. The molecule has 330 valence electrons. The number of nitrogens with one attached hydrogen (secondary N) is 4. The predicted molar refractivity (Wildman–Crippen MR) is 232 cm³/mol. The lowest BCUT2D eigenvalue weighted by atomic mass is 9.88. The number of benzene rings is 1. The Kier molecular flexibility index (Phi) is 12.9. The highest BCUT2D eigenvalue weighted by Gasteiger charge is 2.47. The van der Waals surface area contributed by atoms with E-state index < -0.39 is 38.4 Å². The normalized spacial score (nSPS) is 21.7. The molecule has 0 radical (unpaired) electrons. The standard InChI is InChI=1S/C42H54N12O7S/c1-25-26(2)50-51-37(25)49-38-29-18-35(62(59,60)42(3,4)5)34(19-32(29)45-23-46-38)61-17-7-12-52-13-15-53(16-14-52)24-44-21-27(20-43)39(56)47-31-9-6-8-28-30(31)22-54(41(28)58)33-10-11-36(55)48-40(33)57/h6,8-9,18-21,23,28,30,33H,7,10-17,22,24,43H2,1-5H3,(H,47,56)(H,48,55,57)(H2,45,46,49,50,51)/b27-20+,44-21-/t28?,30?,33-/m0/s1. The molecule has 20 heteroatoms. The number of fused-ring (bicyclic) bond motifs is 2. The van der Waals surface area contributed by atoms with Crippen LogP contribution in [0.5, 0.6) is 5.75 Å². The van der Waals surface area contributed by atoms with Gasteiger partial charge in [-0.2, -0.15) is 5.10 Å². The van der Waals surface area contributed by atoms with Crippen molar-refractivity contribution in [1.82, 2.24) is 45.5 Å². The topological polar surface area (TPSA) is 250 Å². The number of carbonyl (C=O) groups is 4. The molecular formula is C42H54N12O7S. The summed E-state index contributed by atoms with van der Waals surface area (Å²) in [5.74, 6) is -1.15. The van der Waals surface area contributed by atoms with Crippen LogP contribution in [0.4, 0.5) is 11.6 Å². The van der Waals surface area contributed by atoms with E-state index in [-0.39, 0.29) is 53.3 Å². The number of ether oxygens (including phenoxy) is 1. The van der Waals surface area contributed by atoms with Crippen LogP contribution in [0.15, 0.2) is 64.0 Å². The third kappa shape index (κ3) is 9.26. The zero-order chi connectivity index (χ0) is 44.3. The summed E-state index contributed by atoms with van der Waals surface area (Å²) >= 11 is 0. The molecule has 3 aromatic rings. The van der Waals surface area contributed by atoms with E-state index in [2.05, 4.69) is 50.9 Å². The molecule has 1 aromatic carbocycles. The monoisotopic (exact) mass is 870 g/mol. The number of rotatable bonds is 14. The summed E-state index contributed by atoms with van der Waals surface area (Å²) in [6, 6.07) is 2.52. The van der Waals surface area contributed by atoms with Gasteiger partial charge in [-0.15, -0.1) is 0 Å². The SMILES string of the molecule is Cc1[nH]nc(Nc2ncnc3cc(OCCCN4CCN(C/N=C\C(=C/N)C(=O)NC5=CC=CC6C(=O)N([C@H]7CCC(=O)NC7=O)CC56)CC4)c(S(=O)(=O)C(C)(C)C)cc23)c1C. The van der Waals surface area contributed by atoms with Crippen molar-refractivity contribution in [2.24, 2.45) is 22.6 Å². The van der Waals surface area contributed by atoms with Crippen molar-refractivity contribution in [3.05, 3.63) is 65.4 Å². The molecule has 6 N–H and O–H groups in total. The van der Waals surface area contributed by atoms with E-state index in [1.165, 1.54) is 23.6 Å². The minimum atomic E-state index is -3.82. The van der Waals surface area contributed by atoms with Gasteiger partial charge in [0, 0.05) is 92.4 Å². The number of sulfone groups is 1. The van der Waals surface area contributed by atoms with Crippen molar-refractivity contribution < 1.29 is 32.3 Å². The number of nitrogens with zero attached hydrogens (tertiary/aromatic N) is 7. The summed E-state index contributed by atoms with van der Waals surface area (Å²) in [6.07, 6.45) is 10.4. The van der Waals surface area contributed by atoms with Crippen LogP contribution in [0.3, 0.4) is 0 Å². The van der Waals surface area contributed by atoms with Crippen LogP contribution in [-0.2, 0) is 29.0 Å². The van der Waals surface area contributed by atoms with Crippen molar-refractivity contribution in [3.8, 4) is 5.75 Å². The molecule has 0 bridgehead atoms. The second-order valence-electron chi connectivity index (χ2n) is 16.9. The molecular weight excluding hydrogens is 817 g/mol. The quantitative estimate of drug-likeness (QED) is 0.0673. The molecule has 7 rings (SSSR count). The lowest BCUT2D eigenvalue weighted by Gasteiger charge is -2.33. The molecule has 3 aliphatic heterocycles. The fraction of sp³-hybridized carbons (Fsp3) is 0.476. The molecule has 1 aliphatic carbocycles. The zero-order valence-corrected chi connectivity index (χ0v) is 36.4. The fourth-order valence-corrected chi connectivity index (χ4v) is 9.20. The van der Waals surface area contributed by atoms with Gasteiger partial charge in [0.2, 0.25) is 17.7 Å². The van der Waals surface area contributed by atoms with Crippen LogP contribution in [0, 0.1) is 25.7 Å². The van der Waals surface area contributed by atoms with Gasteiger partial charge in [-0.25, -0.2) is 18.4 Å². The molecule has 4 aliphatic rings. The minimum absolute atomic E-state index is 0.0742. The first-order valence-electron chi connectivity index (χ1n) is 20.7. The first kappa shape index (κ1) is 44.1. The molecule has 3 saturated heterocycles. The van der Waals surface area contributed by atoms with Gasteiger partial charge in [0.1, 0.15) is 28.8 Å². The number of nitrogens with two attached hydrogens (primary N) is 1. The van der Waals surface area contributed by atoms with Crippen molar-refractivity contribution in [2.45, 2.75) is 69.6 Å². The third-order valence-electron chi connectivity index (χ3n) is 11.8. The predicted octanol–water partition coefficient (Wildman–Crippen LogP) is 1.99. The second kappa shape index (κ2) is 18.2. The summed E-state index contributed by atoms with van der Waals surface area (Å²) in [5, 5.41) is 16.2. The van der Waals surface area contributed by atoms with Crippen molar-refractivity contribution in [1.29, 1.82) is 0 Å². The van der Waals surface area contributed by atoms with Crippen LogP contribution >= 0.6 is 0 Å². The number of carbonyl (C=O) groups excluding carboxylic acids is 4. The fourth-order valence-electron chi connectivity index (χ4n) is 7.88. The largest absolute Gasteiger partial charge is 0.492 e. The molecule has 0 saturated carbocycles. The molecule has 3 atom stereocenters. The number of piperidine rings is 1. The Labute approximate surface area is 360 Å². The number of piperazine rings is 1. The van der Waals surface area contributed by atoms with Crippen molar-refractivity contribution in [2.75, 3.05) is 57.9 Å². The lowest BCUT2D eigenvalue weighted by Crippen LogP contribution is -2.53. The van der Waals surface area contributed by atoms with E-state index in [1.54, 1.807) is 51.1 Å². The van der Waals surface area contributed by atoms with Gasteiger partial charge in [0.05, 0.1) is 35.0 Å². The highest BCUT2D eigenvalue weighted by Crippen LogP contribution is 2.38. The van der Waals surface area contributed by atoms with Crippen molar-refractivity contribution in [3.63, 3.8) is 0 Å². The molecule has 3 fully saturated rings. The second-order valence-corrected chi connectivity index (χ2v) is 19.6. The van der Waals surface area contributed by atoms with Gasteiger partial charge in [-0.1, -0.05) is 12.2 Å². The molecule has 62 heavy (non-hydrogen) atoms. The Bertz CT molecular complexity index is 2480. The first-order valence-corrected chi connectivity index (χ1v) is 22.2. The number of hydrogen-bond donors (Lipinski definition) is 5. The summed E-state index contributed by atoms with van der Waals surface area (Å²) in [4.78, 5) is 70.1. The van der Waals surface area contributed by atoms with Gasteiger partial charge < -0.3 is 30.9 Å². The summed E-state index contributed by atoms with van der Waals surface area (Å²) in [7, 11) is -3.82. The number of aromatic nitrogens is 4. The molecule has 2 unspecified atom stereocenters. The Morgan fingerprint density at radius 3 is 2.53 bits per heavy atom. The van der Waals surface area contributed by atoms with E-state index >= 15 is 0 Å². The van der Waals surface area contributed by atoms with Gasteiger partial charge in [-0.3, -0.25) is 39.5 Å². The summed E-state index contributed by atoms with van der Waals surface area (Å²) < 4.78 is 32.9. The first-order chi connectivity index (χ1) is 29.5. The molecule has 19 nitrogen and oxygen atoms in total. The van der Waals surface area contributed by atoms with E-state index in [1.807, 2.05) is 13.8 Å². The molecule has 2 aromatic heterocycles. The number of allylic oxidation sites excluding steroid dienone is 2. The van der Waals surface area contributed by atoms with Gasteiger partial charge in [0.15, 0.2) is 15.7 Å². The Balaban J connectivity index is 0.888. The number of hydrogen-bond acceptors (Lipinski definition) is 15. The minimum Gasteiger partial charge on any atom is -0.492 e. The number of aromatic amines is 1. The van der Waals surface area contributed by atoms with Gasteiger partial charge >= 0.3 is 0 Å². The summed E-state index contributed by atoms with van der Waals surface area (Å²) in [5.41, 5.74) is 8.90. The highest BCUT2D eigenvalue weighted by molar-refractivity contribution is 7.92. The highest BCUT2D eigenvalue weighted by atomic mass is 32.2. The van der Waals surface area contributed by atoms with Crippen LogP contribution in [0.1, 0.15) is 51.3 Å². The number of aryl methyl sites for hydroxylation is 1. The Hall–Kier alpha value is -5.99. The number of imide groups is 1. The maximum Gasteiger partial charge on any atom is 0.258 e. The zero-order valence-electron chi connectivity index (χ0n) is 35.6. The van der Waals surface area contributed by atoms with E-state index in [4.69, 9.17) is 10.5 Å². The van der Waals surface area contributed by atoms with Gasteiger partial charge in [0.25, 0.3) is 5.91 Å². The molecule has 5 heterocycles. The average Bonchev–Trinajstić information content (AvgIpc) is 3.74. The van der Waals surface area contributed by atoms with Crippen molar-refractivity contribution >= 4 is 62.2 Å².